The van der Waals surface area contributed by atoms with Crippen LogP contribution in [-0.4, -0.2) is 12.6 Å². The molecule has 0 amide bonds. The zero-order valence-corrected chi connectivity index (χ0v) is 6.44. The minimum atomic E-state index is -0.226. The van der Waals surface area contributed by atoms with E-state index in [1.807, 2.05) is 6.92 Å². The molecule has 0 fully saturated rings. The number of hydrogen-bond acceptors (Lipinski definition) is 2. The lowest BCUT2D eigenvalue weighted by atomic mass is 10.4. The van der Waals surface area contributed by atoms with Gasteiger partial charge in [-0.1, -0.05) is 12.8 Å². The Kier molecular flexibility index (Phi) is 5.56. The van der Waals surface area contributed by atoms with Gasteiger partial charge in [0.05, 0.1) is 6.61 Å². The number of rotatable bonds is 3. The summed E-state index contributed by atoms with van der Waals surface area (Å²) in [4.78, 5) is 10.6. The first-order valence-electron chi connectivity index (χ1n) is 3.36. The van der Waals surface area contributed by atoms with Gasteiger partial charge in [0, 0.05) is 0 Å². The quantitative estimate of drug-likeness (QED) is 0.437. The summed E-state index contributed by atoms with van der Waals surface area (Å²) < 4.78 is 4.75. The monoisotopic (exact) mass is 140 g/mol. The fourth-order valence-electron chi connectivity index (χ4n) is 0.427. The SMILES string of the molecule is CC#CCC(=O)OCCC. The van der Waals surface area contributed by atoms with Crippen molar-refractivity contribution in [1.82, 2.24) is 0 Å². The largest absolute Gasteiger partial charge is 0.465 e. The Morgan fingerprint density at radius 2 is 2.30 bits per heavy atom. The Balaban J connectivity index is 3.31. The first-order valence-corrected chi connectivity index (χ1v) is 3.36. The van der Waals surface area contributed by atoms with Crippen molar-refractivity contribution in [3.8, 4) is 11.8 Å². The maximum Gasteiger partial charge on any atom is 0.317 e. The molecule has 0 aromatic heterocycles. The van der Waals surface area contributed by atoms with E-state index < -0.39 is 0 Å². The molecule has 0 aromatic rings. The molecule has 0 bridgehead atoms. The number of esters is 1. The van der Waals surface area contributed by atoms with Crippen LogP contribution in [0.25, 0.3) is 0 Å². The van der Waals surface area contributed by atoms with E-state index in [1.165, 1.54) is 0 Å². The molecule has 0 rings (SSSR count). The van der Waals surface area contributed by atoms with E-state index in [0.29, 0.717) is 6.61 Å². The minimum Gasteiger partial charge on any atom is -0.465 e. The molecule has 0 N–H and O–H groups in total. The maximum absolute atomic E-state index is 10.6. The van der Waals surface area contributed by atoms with E-state index in [9.17, 15) is 4.79 Å². The number of carbonyl (C=O) groups is 1. The summed E-state index contributed by atoms with van der Waals surface area (Å²) in [5.74, 6) is 5.03. The Morgan fingerprint density at radius 3 is 2.80 bits per heavy atom. The molecule has 0 aliphatic heterocycles. The third-order valence-electron chi connectivity index (χ3n) is 0.877. The van der Waals surface area contributed by atoms with Gasteiger partial charge in [-0.15, -0.1) is 5.92 Å². The highest BCUT2D eigenvalue weighted by atomic mass is 16.5. The summed E-state index contributed by atoms with van der Waals surface area (Å²) in [7, 11) is 0. The molecule has 0 radical (unpaired) electrons. The molecule has 0 aliphatic rings. The molecule has 0 saturated heterocycles. The first-order chi connectivity index (χ1) is 4.81. The topological polar surface area (TPSA) is 26.3 Å². The van der Waals surface area contributed by atoms with E-state index in [-0.39, 0.29) is 12.4 Å². The average molecular weight is 140 g/mol. The number of hydrogen-bond donors (Lipinski definition) is 0. The minimum absolute atomic E-state index is 0.219. The van der Waals surface area contributed by atoms with Crippen LogP contribution < -0.4 is 0 Å². The third kappa shape index (κ3) is 5.17. The molecule has 2 nitrogen and oxygen atoms in total. The van der Waals surface area contributed by atoms with E-state index in [2.05, 4.69) is 11.8 Å². The summed E-state index contributed by atoms with van der Waals surface area (Å²) in [5, 5.41) is 0. The van der Waals surface area contributed by atoms with E-state index in [0.717, 1.165) is 6.42 Å². The van der Waals surface area contributed by atoms with Gasteiger partial charge in [-0.25, -0.2) is 0 Å². The van der Waals surface area contributed by atoms with Gasteiger partial charge < -0.3 is 4.74 Å². The van der Waals surface area contributed by atoms with Crippen LogP contribution in [0.2, 0.25) is 0 Å². The van der Waals surface area contributed by atoms with Crippen LogP contribution in [0.5, 0.6) is 0 Å². The Hall–Kier alpha value is -0.970. The van der Waals surface area contributed by atoms with Gasteiger partial charge in [-0.3, -0.25) is 4.79 Å². The highest BCUT2D eigenvalue weighted by Gasteiger charge is 1.96. The molecule has 0 unspecified atom stereocenters. The summed E-state index contributed by atoms with van der Waals surface area (Å²) in [6, 6.07) is 0. The fourth-order valence-corrected chi connectivity index (χ4v) is 0.427. The number of carbonyl (C=O) groups excluding carboxylic acids is 1. The maximum atomic E-state index is 10.6. The molecule has 0 atom stereocenters. The van der Waals surface area contributed by atoms with Crippen molar-refractivity contribution in [2.45, 2.75) is 26.7 Å². The molecule has 0 heterocycles. The zero-order valence-electron chi connectivity index (χ0n) is 6.44. The highest BCUT2D eigenvalue weighted by molar-refractivity contribution is 5.72. The van der Waals surface area contributed by atoms with Crippen LogP contribution >= 0.6 is 0 Å². The van der Waals surface area contributed by atoms with Gasteiger partial charge in [-0.05, 0) is 13.3 Å². The van der Waals surface area contributed by atoms with Crippen LogP contribution in [0.3, 0.4) is 0 Å². The van der Waals surface area contributed by atoms with E-state index in [4.69, 9.17) is 4.74 Å². The third-order valence-corrected chi connectivity index (χ3v) is 0.877. The van der Waals surface area contributed by atoms with Crippen LogP contribution in [0.1, 0.15) is 26.7 Å². The smallest absolute Gasteiger partial charge is 0.317 e. The van der Waals surface area contributed by atoms with Gasteiger partial charge in [-0.2, -0.15) is 0 Å². The standard InChI is InChI=1S/C8H12O2/c1-3-5-6-8(9)10-7-4-2/h4,6-7H2,1-2H3. The van der Waals surface area contributed by atoms with Crippen LogP contribution in [0, 0.1) is 11.8 Å². The van der Waals surface area contributed by atoms with Gasteiger partial charge in [0.2, 0.25) is 0 Å². The lowest BCUT2D eigenvalue weighted by Crippen LogP contribution is -2.03. The van der Waals surface area contributed by atoms with Crippen LogP contribution in [0.15, 0.2) is 0 Å². The van der Waals surface area contributed by atoms with Crippen molar-refractivity contribution < 1.29 is 9.53 Å². The van der Waals surface area contributed by atoms with Gasteiger partial charge in [0.1, 0.15) is 6.42 Å². The van der Waals surface area contributed by atoms with Crippen molar-refractivity contribution in [3.05, 3.63) is 0 Å². The Labute approximate surface area is 61.6 Å². The lowest BCUT2D eigenvalue weighted by Gasteiger charge is -1.97. The number of ether oxygens (including phenoxy) is 1. The molecular weight excluding hydrogens is 128 g/mol. The van der Waals surface area contributed by atoms with E-state index >= 15 is 0 Å². The molecule has 0 aliphatic carbocycles. The van der Waals surface area contributed by atoms with Crippen molar-refractivity contribution in [2.75, 3.05) is 6.61 Å². The molecular formula is C8H12O2. The fraction of sp³-hybridized carbons (Fsp3) is 0.625. The van der Waals surface area contributed by atoms with Gasteiger partial charge in [0.15, 0.2) is 0 Å². The normalized spacial score (nSPS) is 7.80. The second-order valence-corrected chi connectivity index (χ2v) is 1.82. The van der Waals surface area contributed by atoms with Crippen molar-refractivity contribution >= 4 is 5.97 Å². The van der Waals surface area contributed by atoms with Crippen molar-refractivity contribution in [3.63, 3.8) is 0 Å². The second-order valence-electron chi connectivity index (χ2n) is 1.82. The molecule has 0 spiro atoms. The summed E-state index contributed by atoms with van der Waals surface area (Å²) >= 11 is 0. The Bertz CT molecular complexity index is 150. The van der Waals surface area contributed by atoms with Crippen molar-refractivity contribution in [2.24, 2.45) is 0 Å². The van der Waals surface area contributed by atoms with E-state index in [1.54, 1.807) is 6.92 Å². The molecule has 0 aromatic carbocycles. The summed E-state index contributed by atoms with van der Waals surface area (Å²) in [6.07, 6.45) is 1.09. The van der Waals surface area contributed by atoms with Crippen LogP contribution in [0.4, 0.5) is 0 Å². The second kappa shape index (κ2) is 6.15. The van der Waals surface area contributed by atoms with Gasteiger partial charge in [0.25, 0.3) is 0 Å². The summed E-state index contributed by atoms with van der Waals surface area (Å²) in [6.45, 7) is 4.16. The first kappa shape index (κ1) is 9.03. The lowest BCUT2D eigenvalue weighted by molar-refractivity contribution is -0.142. The molecule has 56 valence electrons. The molecule has 10 heavy (non-hydrogen) atoms. The van der Waals surface area contributed by atoms with Crippen molar-refractivity contribution in [1.29, 1.82) is 0 Å². The molecule has 0 saturated carbocycles. The Morgan fingerprint density at radius 1 is 1.60 bits per heavy atom. The predicted octanol–water partition coefficient (Wildman–Crippen LogP) is 1.35. The predicted molar refractivity (Wildman–Crippen MR) is 39.3 cm³/mol. The van der Waals surface area contributed by atoms with Crippen LogP contribution in [-0.2, 0) is 9.53 Å². The average Bonchev–Trinajstić information content (AvgIpc) is 1.97. The zero-order chi connectivity index (χ0) is 7.82. The van der Waals surface area contributed by atoms with Gasteiger partial charge >= 0.3 is 5.97 Å². The summed E-state index contributed by atoms with van der Waals surface area (Å²) in [5.41, 5.74) is 0. The molecule has 2 heteroatoms. The highest BCUT2D eigenvalue weighted by Crippen LogP contribution is 1.85.